The zero-order chi connectivity index (χ0) is 17.7. The molecule has 0 radical (unpaired) electrons. The number of amides is 2. The minimum absolute atomic E-state index is 0.0465. The molecule has 0 fully saturated rings. The summed E-state index contributed by atoms with van der Waals surface area (Å²) < 4.78 is 0. The van der Waals surface area contributed by atoms with Crippen LogP contribution in [0.2, 0.25) is 0 Å². The summed E-state index contributed by atoms with van der Waals surface area (Å²) >= 11 is 1.44. The summed E-state index contributed by atoms with van der Waals surface area (Å²) in [5.41, 5.74) is 2.56. The number of benzene rings is 1. The number of hydrogen-bond acceptors (Lipinski definition) is 4. The fourth-order valence-corrected chi connectivity index (χ4v) is 3.03. The highest BCUT2D eigenvalue weighted by Gasteiger charge is 2.20. The average Bonchev–Trinajstić information content (AvgIpc) is 3.02. The molecule has 0 saturated carbocycles. The zero-order valence-electron chi connectivity index (χ0n) is 14.5. The minimum Gasteiger partial charge on any atom is -0.352 e. The third kappa shape index (κ3) is 4.64. The lowest BCUT2D eigenvalue weighted by Crippen LogP contribution is -2.42. The fraction of sp³-hybridized carbons (Fsp3) is 0.389. The Labute approximate surface area is 146 Å². The van der Waals surface area contributed by atoms with Gasteiger partial charge in [0.05, 0.1) is 6.54 Å². The molecule has 128 valence electrons. The van der Waals surface area contributed by atoms with Crippen molar-refractivity contribution < 1.29 is 9.59 Å². The van der Waals surface area contributed by atoms with E-state index in [2.05, 4.69) is 10.3 Å². The smallest absolute Gasteiger partial charge is 0.273 e. The van der Waals surface area contributed by atoms with Gasteiger partial charge in [-0.3, -0.25) is 9.59 Å². The Hall–Kier alpha value is -2.21. The van der Waals surface area contributed by atoms with Crippen LogP contribution in [-0.2, 0) is 4.79 Å². The predicted octanol–water partition coefficient (Wildman–Crippen LogP) is 3.11. The fourth-order valence-electron chi connectivity index (χ4n) is 2.23. The van der Waals surface area contributed by atoms with E-state index in [1.807, 2.05) is 52.0 Å². The van der Waals surface area contributed by atoms with Crippen molar-refractivity contribution in [2.45, 2.75) is 33.7 Å². The van der Waals surface area contributed by atoms with Crippen LogP contribution in [0.25, 0.3) is 10.6 Å². The first-order chi connectivity index (χ1) is 11.4. The van der Waals surface area contributed by atoms with E-state index in [0.717, 1.165) is 10.6 Å². The predicted molar refractivity (Wildman–Crippen MR) is 97.1 cm³/mol. The van der Waals surface area contributed by atoms with E-state index >= 15 is 0 Å². The van der Waals surface area contributed by atoms with Crippen molar-refractivity contribution >= 4 is 23.2 Å². The number of nitrogens with zero attached hydrogens (tertiary/aromatic N) is 2. The number of hydrogen-bond donors (Lipinski definition) is 1. The minimum atomic E-state index is -0.217. The SMILES string of the molecule is CCN(CC(=O)NC(C)C)C(=O)c1csc(-c2ccc(C)cc2)n1. The van der Waals surface area contributed by atoms with E-state index < -0.39 is 0 Å². The number of carbonyl (C=O) groups excluding carboxylic acids is 2. The zero-order valence-corrected chi connectivity index (χ0v) is 15.3. The van der Waals surface area contributed by atoms with E-state index in [0.29, 0.717) is 12.2 Å². The molecule has 1 N–H and O–H groups in total. The first kappa shape index (κ1) is 18.1. The molecule has 0 aliphatic carbocycles. The first-order valence-electron chi connectivity index (χ1n) is 8.02. The van der Waals surface area contributed by atoms with Crippen LogP contribution in [0.5, 0.6) is 0 Å². The Morgan fingerprint density at radius 1 is 1.25 bits per heavy atom. The van der Waals surface area contributed by atoms with Gasteiger partial charge >= 0.3 is 0 Å². The van der Waals surface area contributed by atoms with Gasteiger partial charge in [-0.2, -0.15) is 0 Å². The van der Waals surface area contributed by atoms with E-state index in [1.165, 1.54) is 21.8 Å². The molecule has 0 aliphatic rings. The summed E-state index contributed by atoms with van der Waals surface area (Å²) in [6.07, 6.45) is 0. The second kappa shape index (κ2) is 8.06. The monoisotopic (exact) mass is 345 g/mol. The molecule has 0 spiro atoms. The Morgan fingerprint density at radius 2 is 1.92 bits per heavy atom. The van der Waals surface area contributed by atoms with Gasteiger partial charge in [-0.15, -0.1) is 11.3 Å². The maximum atomic E-state index is 12.6. The van der Waals surface area contributed by atoms with Crippen molar-refractivity contribution in [1.82, 2.24) is 15.2 Å². The summed E-state index contributed by atoms with van der Waals surface area (Å²) in [5, 5.41) is 5.36. The molecule has 0 saturated heterocycles. The third-order valence-corrected chi connectivity index (χ3v) is 4.37. The molecular formula is C18H23N3O2S. The molecule has 24 heavy (non-hydrogen) atoms. The van der Waals surface area contributed by atoms with Gasteiger partial charge in [0.25, 0.3) is 5.91 Å². The van der Waals surface area contributed by atoms with Crippen molar-refractivity contribution in [2.75, 3.05) is 13.1 Å². The molecule has 5 nitrogen and oxygen atoms in total. The van der Waals surface area contributed by atoms with E-state index in [9.17, 15) is 9.59 Å². The molecule has 0 bridgehead atoms. The summed E-state index contributed by atoms with van der Waals surface area (Å²) in [7, 11) is 0. The number of thiazole rings is 1. The summed E-state index contributed by atoms with van der Waals surface area (Å²) in [6, 6.07) is 8.09. The molecule has 1 aromatic carbocycles. The van der Waals surface area contributed by atoms with E-state index in [1.54, 1.807) is 5.38 Å². The summed E-state index contributed by atoms with van der Waals surface area (Å²) in [6.45, 7) is 8.18. The van der Waals surface area contributed by atoms with Crippen molar-refractivity contribution in [2.24, 2.45) is 0 Å². The molecule has 0 unspecified atom stereocenters. The van der Waals surface area contributed by atoms with E-state index in [-0.39, 0.29) is 24.4 Å². The molecule has 2 amide bonds. The second-order valence-corrected chi connectivity index (χ2v) is 6.80. The summed E-state index contributed by atoms with van der Waals surface area (Å²) in [4.78, 5) is 30.4. The second-order valence-electron chi connectivity index (χ2n) is 5.95. The lowest BCUT2D eigenvalue weighted by molar-refractivity contribution is -0.122. The lowest BCUT2D eigenvalue weighted by atomic mass is 10.2. The number of aromatic nitrogens is 1. The average molecular weight is 345 g/mol. The first-order valence-corrected chi connectivity index (χ1v) is 8.90. The van der Waals surface area contributed by atoms with Crippen LogP contribution < -0.4 is 5.32 Å². The Kier molecular flexibility index (Phi) is 6.09. The van der Waals surface area contributed by atoms with Crippen molar-refractivity contribution in [3.05, 3.63) is 40.9 Å². The number of likely N-dealkylation sites (N-methyl/N-ethyl adjacent to an activating group) is 1. The van der Waals surface area contributed by atoms with Crippen LogP contribution in [0.15, 0.2) is 29.6 Å². The van der Waals surface area contributed by atoms with Crippen molar-refractivity contribution in [3.63, 3.8) is 0 Å². The Balaban J connectivity index is 2.11. The van der Waals surface area contributed by atoms with Crippen molar-refractivity contribution in [3.8, 4) is 10.6 Å². The number of rotatable bonds is 6. The van der Waals surface area contributed by atoms with Gasteiger partial charge in [0.1, 0.15) is 10.7 Å². The molecule has 1 heterocycles. The topological polar surface area (TPSA) is 62.3 Å². The molecule has 0 aliphatic heterocycles. The molecule has 1 aromatic heterocycles. The lowest BCUT2D eigenvalue weighted by Gasteiger charge is -2.20. The molecular weight excluding hydrogens is 322 g/mol. The highest BCUT2D eigenvalue weighted by Crippen LogP contribution is 2.24. The van der Waals surface area contributed by atoms with Gasteiger partial charge in [0, 0.05) is 23.5 Å². The van der Waals surface area contributed by atoms with Crippen LogP contribution >= 0.6 is 11.3 Å². The molecule has 0 atom stereocenters. The van der Waals surface area contributed by atoms with Crippen LogP contribution in [0.1, 0.15) is 36.8 Å². The Morgan fingerprint density at radius 3 is 2.50 bits per heavy atom. The highest BCUT2D eigenvalue weighted by atomic mass is 32.1. The maximum absolute atomic E-state index is 12.6. The van der Waals surface area contributed by atoms with Crippen LogP contribution in [0.3, 0.4) is 0 Å². The Bertz CT molecular complexity index is 707. The maximum Gasteiger partial charge on any atom is 0.273 e. The van der Waals surface area contributed by atoms with Gasteiger partial charge in [-0.05, 0) is 27.7 Å². The van der Waals surface area contributed by atoms with Crippen LogP contribution in [0, 0.1) is 6.92 Å². The normalized spacial score (nSPS) is 10.7. The number of carbonyl (C=O) groups is 2. The van der Waals surface area contributed by atoms with Crippen LogP contribution in [-0.4, -0.2) is 40.8 Å². The third-order valence-electron chi connectivity index (χ3n) is 3.47. The van der Waals surface area contributed by atoms with Crippen LogP contribution in [0.4, 0.5) is 0 Å². The quantitative estimate of drug-likeness (QED) is 0.875. The molecule has 2 rings (SSSR count). The largest absolute Gasteiger partial charge is 0.352 e. The van der Waals surface area contributed by atoms with Gasteiger partial charge < -0.3 is 10.2 Å². The van der Waals surface area contributed by atoms with Crippen molar-refractivity contribution in [1.29, 1.82) is 0 Å². The number of nitrogens with one attached hydrogen (secondary N) is 1. The van der Waals surface area contributed by atoms with Gasteiger partial charge in [0.15, 0.2) is 0 Å². The van der Waals surface area contributed by atoms with E-state index in [4.69, 9.17) is 0 Å². The molecule has 6 heteroatoms. The highest BCUT2D eigenvalue weighted by molar-refractivity contribution is 7.13. The van der Waals surface area contributed by atoms with Gasteiger partial charge in [-0.25, -0.2) is 4.98 Å². The molecule has 2 aromatic rings. The summed E-state index contributed by atoms with van der Waals surface area (Å²) in [5.74, 6) is -0.375. The van der Waals surface area contributed by atoms with Gasteiger partial charge in [0.2, 0.25) is 5.91 Å². The standard InChI is InChI=1S/C18H23N3O2S/c1-5-21(10-16(22)19-12(2)3)18(23)15-11-24-17(20-15)14-8-6-13(4)7-9-14/h6-9,11-12H,5,10H2,1-4H3,(H,19,22). The van der Waals surface area contributed by atoms with Gasteiger partial charge in [-0.1, -0.05) is 29.8 Å². The number of aryl methyl sites for hydroxylation is 1.